The summed E-state index contributed by atoms with van der Waals surface area (Å²) in [6, 6.07) is 11.4. The lowest BCUT2D eigenvalue weighted by molar-refractivity contribution is -0.131. The molecule has 156 valence electrons. The fraction of sp³-hybridized carbons (Fsp3) is 0.381. The first-order valence-corrected chi connectivity index (χ1v) is 11.9. The van der Waals surface area contributed by atoms with E-state index in [9.17, 15) is 17.6 Å². The van der Waals surface area contributed by atoms with Gasteiger partial charge in [-0.25, -0.2) is 17.5 Å². The van der Waals surface area contributed by atoms with Crippen LogP contribution in [0.4, 0.5) is 4.39 Å². The van der Waals surface area contributed by atoms with Gasteiger partial charge in [-0.3, -0.25) is 4.79 Å². The normalized spacial score (nSPS) is 14.0. The summed E-state index contributed by atoms with van der Waals surface area (Å²) in [6.45, 7) is 2.56. The predicted molar refractivity (Wildman–Crippen MR) is 113 cm³/mol. The molecule has 8 heteroatoms. The standard InChI is InChI=1S/C21H24BrFN2O3S/c1-2-25(14-16-13-17(22)6-11-20(16)23)21(26)12-5-15-3-9-19(10-4-15)29(27,28)24-18-7-8-18/h3-4,6,9-11,13,18,24H,2,5,7-8,12,14H2,1H3. The highest BCUT2D eigenvalue weighted by molar-refractivity contribution is 9.10. The zero-order chi connectivity index (χ0) is 21.0. The van der Waals surface area contributed by atoms with Crippen LogP contribution < -0.4 is 4.72 Å². The number of rotatable bonds is 9. The molecule has 1 amide bonds. The molecule has 0 aromatic heterocycles. The van der Waals surface area contributed by atoms with Gasteiger partial charge in [0, 0.05) is 35.6 Å². The van der Waals surface area contributed by atoms with Crippen LogP contribution in [0.5, 0.6) is 0 Å². The molecule has 0 unspecified atom stereocenters. The molecule has 0 saturated heterocycles. The number of carbonyl (C=O) groups is 1. The van der Waals surface area contributed by atoms with Crippen LogP contribution in [0.2, 0.25) is 0 Å². The first-order chi connectivity index (χ1) is 13.8. The van der Waals surface area contributed by atoms with E-state index in [1.807, 2.05) is 6.92 Å². The quantitative estimate of drug-likeness (QED) is 0.586. The number of sulfonamides is 1. The minimum atomic E-state index is -3.47. The van der Waals surface area contributed by atoms with Crippen molar-refractivity contribution in [1.82, 2.24) is 9.62 Å². The van der Waals surface area contributed by atoms with Crippen LogP contribution in [0.3, 0.4) is 0 Å². The van der Waals surface area contributed by atoms with E-state index in [0.717, 1.165) is 22.9 Å². The summed E-state index contributed by atoms with van der Waals surface area (Å²) in [4.78, 5) is 14.4. The van der Waals surface area contributed by atoms with Crippen LogP contribution in [-0.2, 0) is 27.8 Å². The molecule has 1 N–H and O–H groups in total. The third-order valence-electron chi connectivity index (χ3n) is 4.86. The number of halogens is 2. The summed E-state index contributed by atoms with van der Waals surface area (Å²) in [5, 5.41) is 0. The van der Waals surface area contributed by atoms with E-state index in [-0.39, 0.29) is 35.6 Å². The molecule has 2 aromatic rings. The second-order valence-corrected chi connectivity index (χ2v) is 9.81. The van der Waals surface area contributed by atoms with Gasteiger partial charge in [0.15, 0.2) is 0 Å². The van der Waals surface area contributed by atoms with Gasteiger partial charge in [-0.05, 0) is 62.1 Å². The van der Waals surface area contributed by atoms with Crippen LogP contribution in [0.1, 0.15) is 37.3 Å². The highest BCUT2D eigenvalue weighted by atomic mass is 79.9. The van der Waals surface area contributed by atoms with Crippen LogP contribution in [0, 0.1) is 5.82 Å². The Labute approximate surface area is 179 Å². The van der Waals surface area contributed by atoms with Crippen molar-refractivity contribution in [2.45, 2.75) is 50.1 Å². The zero-order valence-corrected chi connectivity index (χ0v) is 18.6. The number of aryl methyl sites for hydroxylation is 1. The molecule has 0 radical (unpaired) electrons. The molecule has 0 heterocycles. The third kappa shape index (κ3) is 6.10. The summed E-state index contributed by atoms with van der Waals surface area (Å²) < 4.78 is 41.8. The van der Waals surface area contributed by atoms with Crippen molar-refractivity contribution in [2.75, 3.05) is 6.54 Å². The van der Waals surface area contributed by atoms with E-state index >= 15 is 0 Å². The van der Waals surface area contributed by atoms with Gasteiger partial charge in [0.25, 0.3) is 0 Å². The lowest BCUT2D eigenvalue weighted by Gasteiger charge is -2.21. The van der Waals surface area contributed by atoms with E-state index in [1.54, 1.807) is 41.3 Å². The van der Waals surface area contributed by atoms with Gasteiger partial charge in [0.2, 0.25) is 15.9 Å². The molecule has 0 bridgehead atoms. The van der Waals surface area contributed by atoms with Crippen molar-refractivity contribution in [3.63, 3.8) is 0 Å². The van der Waals surface area contributed by atoms with E-state index < -0.39 is 10.0 Å². The molecule has 3 rings (SSSR count). The Balaban J connectivity index is 1.58. The number of nitrogens with zero attached hydrogens (tertiary/aromatic N) is 1. The fourth-order valence-corrected chi connectivity index (χ4v) is 4.69. The first kappa shape index (κ1) is 21.9. The van der Waals surface area contributed by atoms with Crippen LogP contribution in [0.15, 0.2) is 51.8 Å². The summed E-state index contributed by atoms with van der Waals surface area (Å²) in [5.41, 5.74) is 1.35. The summed E-state index contributed by atoms with van der Waals surface area (Å²) in [6.07, 6.45) is 2.54. The maximum absolute atomic E-state index is 14.0. The molecule has 0 aliphatic heterocycles. The Kier molecular flexibility index (Phi) is 7.08. The number of nitrogens with one attached hydrogen (secondary N) is 1. The van der Waals surface area contributed by atoms with E-state index in [1.165, 1.54) is 6.07 Å². The number of hydrogen-bond acceptors (Lipinski definition) is 3. The van der Waals surface area contributed by atoms with Gasteiger partial charge >= 0.3 is 0 Å². The molecule has 0 spiro atoms. The second-order valence-electron chi connectivity index (χ2n) is 7.18. The van der Waals surface area contributed by atoms with Gasteiger partial charge in [0.05, 0.1) is 4.90 Å². The smallest absolute Gasteiger partial charge is 0.240 e. The molecule has 5 nitrogen and oxygen atoms in total. The highest BCUT2D eigenvalue weighted by Gasteiger charge is 2.27. The monoisotopic (exact) mass is 482 g/mol. The van der Waals surface area contributed by atoms with Crippen molar-refractivity contribution in [1.29, 1.82) is 0 Å². The molecule has 1 saturated carbocycles. The van der Waals surface area contributed by atoms with E-state index in [0.29, 0.717) is 18.5 Å². The van der Waals surface area contributed by atoms with Crippen molar-refractivity contribution in [2.24, 2.45) is 0 Å². The highest BCUT2D eigenvalue weighted by Crippen LogP contribution is 2.22. The molecule has 1 aliphatic rings. The first-order valence-electron chi connectivity index (χ1n) is 9.61. The summed E-state index contributed by atoms with van der Waals surface area (Å²) >= 11 is 3.33. The predicted octanol–water partition coefficient (Wildman–Crippen LogP) is 4.01. The lowest BCUT2D eigenvalue weighted by Crippen LogP contribution is -2.30. The van der Waals surface area contributed by atoms with Crippen molar-refractivity contribution in [3.05, 3.63) is 63.9 Å². The Hall–Kier alpha value is -1.77. The molecule has 29 heavy (non-hydrogen) atoms. The molecule has 1 fully saturated rings. The lowest BCUT2D eigenvalue weighted by atomic mass is 10.1. The number of carbonyl (C=O) groups excluding carboxylic acids is 1. The van der Waals surface area contributed by atoms with Gasteiger partial charge in [-0.1, -0.05) is 28.1 Å². The number of amides is 1. The van der Waals surface area contributed by atoms with Gasteiger partial charge in [-0.2, -0.15) is 0 Å². The van der Waals surface area contributed by atoms with Crippen LogP contribution in [-0.4, -0.2) is 31.8 Å². The van der Waals surface area contributed by atoms with Crippen molar-refractivity contribution in [3.8, 4) is 0 Å². The van der Waals surface area contributed by atoms with Gasteiger partial charge in [0.1, 0.15) is 5.82 Å². The molecule has 1 aliphatic carbocycles. The Morgan fingerprint density at radius 1 is 1.21 bits per heavy atom. The van der Waals surface area contributed by atoms with Gasteiger partial charge < -0.3 is 4.90 Å². The number of benzene rings is 2. The minimum absolute atomic E-state index is 0.0624. The SMILES string of the molecule is CCN(Cc1cc(Br)ccc1F)C(=O)CCc1ccc(S(=O)(=O)NC2CC2)cc1. The van der Waals surface area contributed by atoms with Crippen LogP contribution in [0.25, 0.3) is 0 Å². The summed E-state index contributed by atoms with van der Waals surface area (Å²) in [5.74, 6) is -0.407. The zero-order valence-electron chi connectivity index (χ0n) is 16.2. The largest absolute Gasteiger partial charge is 0.339 e. The second kappa shape index (κ2) is 9.36. The van der Waals surface area contributed by atoms with Crippen molar-refractivity contribution >= 4 is 31.9 Å². The average molecular weight is 483 g/mol. The topological polar surface area (TPSA) is 66.5 Å². The summed E-state index contributed by atoms with van der Waals surface area (Å²) in [7, 11) is -3.47. The average Bonchev–Trinajstić information content (AvgIpc) is 3.50. The Morgan fingerprint density at radius 3 is 2.52 bits per heavy atom. The Bertz CT molecular complexity index is 976. The molecular formula is C21H24BrFN2O3S. The maximum atomic E-state index is 14.0. The maximum Gasteiger partial charge on any atom is 0.240 e. The van der Waals surface area contributed by atoms with E-state index in [2.05, 4.69) is 20.7 Å². The van der Waals surface area contributed by atoms with Gasteiger partial charge in [-0.15, -0.1) is 0 Å². The third-order valence-corrected chi connectivity index (χ3v) is 6.89. The molecule has 0 atom stereocenters. The molecular weight excluding hydrogens is 459 g/mol. The Morgan fingerprint density at radius 2 is 1.90 bits per heavy atom. The number of hydrogen-bond donors (Lipinski definition) is 1. The van der Waals surface area contributed by atoms with Crippen molar-refractivity contribution < 1.29 is 17.6 Å². The van der Waals surface area contributed by atoms with E-state index in [4.69, 9.17) is 0 Å². The fourth-order valence-electron chi connectivity index (χ4n) is 2.98. The van der Waals surface area contributed by atoms with Crippen LogP contribution >= 0.6 is 15.9 Å². The minimum Gasteiger partial charge on any atom is -0.339 e. The molecule has 2 aromatic carbocycles.